The van der Waals surface area contributed by atoms with Crippen molar-refractivity contribution >= 4 is 35.0 Å². The van der Waals surface area contributed by atoms with Gasteiger partial charge in [0.2, 0.25) is 5.91 Å². The van der Waals surface area contributed by atoms with Crippen LogP contribution in [0.25, 0.3) is 6.08 Å². The number of quaternary nitrogens is 1. The molecule has 0 radical (unpaired) electrons. The lowest BCUT2D eigenvalue weighted by atomic mass is 10.2. The third kappa shape index (κ3) is 4.84. The fourth-order valence-corrected chi connectivity index (χ4v) is 3.03. The molecule has 1 saturated heterocycles. The third-order valence-electron chi connectivity index (χ3n) is 4.42. The molecule has 130 valence electrons. The molecule has 1 aliphatic rings. The highest BCUT2D eigenvalue weighted by Crippen LogP contribution is 2.25. The summed E-state index contributed by atoms with van der Waals surface area (Å²) in [5.74, 6) is -0.137. The summed E-state index contributed by atoms with van der Waals surface area (Å²) in [6.45, 7) is 4.22. The second-order valence-electron chi connectivity index (χ2n) is 6.34. The van der Waals surface area contributed by atoms with Gasteiger partial charge in [0.25, 0.3) is 0 Å². The van der Waals surface area contributed by atoms with Crippen LogP contribution < -0.4 is 15.1 Å². The van der Waals surface area contributed by atoms with Crippen molar-refractivity contribution in [3.8, 4) is 0 Å². The Kier molecular flexibility index (Phi) is 5.74. The van der Waals surface area contributed by atoms with E-state index in [2.05, 4.69) is 23.3 Å². The molecule has 3 rings (SSSR count). The lowest BCUT2D eigenvalue weighted by Gasteiger charge is -2.32. The Labute approximate surface area is 153 Å². The molecule has 25 heavy (non-hydrogen) atoms. The maximum atomic E-state index is 12.3. The van der Waals surface area contributed by atoms with Crippen LogP contribution in [0.3, 0.4) is 0 Å². The van der Waals surface area contributed by atoms with E-state index in [1.807, 2.05) is 42.5 Å². The standard InChI is InChI=1S/C20H22ClN3O/c1-23-12-14-24(15-13-23)19-5-3-2-4-18(19)22-20(25)11-8-16-6-9-17(21)10-7-16/h2-11H,12-15H2,1H3,(H,22,25)/p+1/b11-8+. The molecule has 0 spiro atoms. The number of anilines is 2. The number of benzene rings is 2. The molecule has 1 fully saturated rings. The number of para-hydroxylation sites is 2. The summed E-state index contributed by atoms with van der Waals surface area (Å²) in [4.78, 5) is 16.2. The van der Waals surface area contributed by atoms with E-state index in [-0.39, 0.29) is 5.91 Å². The van der Waals surface area contributed by atoms with Crippen molar-refractivity contribution < 1.29 is 9.69 Å². The lowest BCUT2D eigenvalue weighted by molar-refractivity contribution is -0.880. The number of piperazine rings is 1. The minimum absolute atomic E-state index is 0.137. The van der Waals surface area contributed by atoms with Crippen molar-refractivity contribution in [2.45, 2.75) is 0 Å². The number of nitrogens with one attached hydrogen (secondary N) is 2. The predicted molar refractivity (Wildman–Crippen MR) is 104 cm³/mol. The zero-order valence-electron chi connectivity index (χ0n) is 14.3. The van der Waals surface area contributed by atoms with Crippen LogP contribution in [-0.2, 0) is 4.79 Å². The second kappa shape index (κ2) is 8.19. The minimum Gasteiger partial charge on any atom is -0.359 e. The minimum atomic E-state index is -0.137. The Morgan fingerprint density at radius 3 is 2.52 bits per heavy atom. The van der Waals surface area contributed by atoms with Gasteiger partial charge in [-0.1, -0.05) is 35.9 Å². The van der Waals surface area contributed by atoms with Crippen LogP contribution in [0.4, 0.5) is 11.4 Å². The van der Waals surface area contributed by atoms with E-state index in [9.17, 15) is 4.79 Å². The average Bonchev–Trinajstić information content (AvgIpc) is 2.63. The number of hydrogen-bond donors (Lipinski definition) is 2. The van der Waals surface area contributed by atoms with Gasteiger partial charge in [-0.2, -0.15) is 0 Å². The number of halogens is 1. The number of hydrogen-bond acceptors (Lipinski definition) is 2. The summed E-state index contributed by atoms with van der Waals surface area (Å²) in [7, 11) is 2.21. The molecular formula is C20H23ClN3O+. The van der Waals surface area contributed by atoms with Gasteiger partial charge < -0.3 is 15.1 Å². The molecule has 0 aliphatic carbocycles. The quantitative estimate of drug-likeness (QED) is 0.825. The van der Waals surface area contributed by atoms with Crippen molar-refractivity contribution in [3.63, 3.8) is 0 Å². The molecule has 0 atom stereocenters. The number of carbonyl (C=O) groups excluding carboxylic acids is 1. The first-order valence-electron chi connectivity index (χ1n) is 8.52. The van der Waals surface area contributed by atoms with Crippen LogP contribution in [0.1, 0.15) is 5.56 Å². The molecule has 0 unspecified atom stereocenters. The first-order chi connectivity index (χ1) is 12.1. The van der Waals surface area contributed by atoms with Crippen molar-refractivity contribution in [2.24, 2.45) is 0 Å². The fourth-order valence-electron chi connectivity index (χ4n) is 2.90. The fraction of sp³-hybridized carbons (Fsp3) is 0.250. The number of rotatable bonds is 4. The number of amides is 1. The van der Waals surface area contributed by atoms with Gasteiger partial charge in [0.1, 0.15) is 0 Å². The van der Waals surface area contributed by atoms with Crippen molar-refractivity contribution in [2.75, 3.05) is 43.4 Å². The number of likely N-dealkylation sites (N-methyl/N-ethyl adjacent to an activating group) is 1. The second-order valence-corrected chi connectivity index (χ2v) is 6.77. The van der Waals surface area contributed by atoms with Gasteiger partial charge in [-0.05, 0) is 35.9 Å². The Balaban J connectivity index is 1.68. The van der Waals surface area contributed by atoms with Crippen LogP contribution in [0, 0.1) is 0 Å². The molecular weight excluding hydrogens is 334 g/mol. The molecule has 0 bridgehead atoms. The SMILES string of the molecule is C[NH+]1CCN(c2ccccc2NC(=O)/C=C/c2ccc(Cl)cc2)CC1. The molecule has 4 nitrogen and oxygen atoms in total. The summed E-state index contributed by atoms with van der Waals surface area (Å²) in [5, 5.41) is 3.69. The van der Waals surface area contributed by atoms with E-state index >= 15 is 0 Å². The summed E-state index contributed by atoms with van der Waals surface area (Å²) in [5.41, 5.74) is 2.88. The first kappa shape index (κ1) is 17.5. The Morgan fingerprint density at radius 1 is 1.12 bits per heavy atom. The van der Waals surface area contributed by atoms with Gasteiger partial charge in [0.15, 0.2) is 0 Å². The van der Waals surface area contributed by atoms with Crippen LogP contribution >= 0.6 is 11.6 Å². The Morgan fingerprint density at radius 2 is 1.80 bits per heavy atom. The zero-order valence-corrected chi connectivity index (χ0v) is 15.1. The van der Waals surface area contributed by atoms with Crippen LogP contribution in [0.2, 0.25) is 5.02 Å². The third-order valence-corrected chi connectivity index (χ3v) is 4.67. The lowest BCUT2D eigenvalue weighted by Crippen LogP contribution is -3.12. The molecule has 0 aromatic heterocycles. The van der Waals surface area contributed by atoms with Gasteiger partial charge >= 0.3 is 0 Å². The summed E-state index contributed by atoms with van der Waals surface area (Å²) in [6, 6.07) is 15.4. The van der Waals surface area contributed by atoms with E-state index in [0.29, 0.717) is 5.02 Å². The van der Waals surface area contributed by atoms with Crippen molar-refractivity contribution in [1.29, 1.82) is 0 Å². The summed E-state index contributed by atoms with van der Waals surface area (Å²) < 4.78 is 0. The van der Waals surface area contributed by atoms with E-state index in [0.717, 1.165) is 43.1 Å². The molecule has 1 aliphatic heterocycles. The Hall–Kier alpha value is -2.30. The van der Waals surface area contributed by atoms with Gasteiger partial charge in [-0.15, -0.1) is 0 Å². The highest BCUT2D eigenvalue weighted by atomic mass is 35.5. The van der Waals surface area contributed by atoms with Crippen LogP contribution in [0.5, 0.6) is 0 Å². The average molecular weight is 357 g/mol. The smallest absolute Gasteiger partial charge is 0.248 e. The first-order valence-corrected chi connectivity index (χ1v) is 8.89. The van der Waals surface area contributed by atoms with E-state index in [1.54, 1.807) is 17.1 Å². The molecule has 2 N–H and O–H groups in total. The van der Waals surface area contributed by atoms with Gasteiger partial charge in [-0.3, -0.25) is 4.79 Å². The maximum absolute atomic E-state index is 12.3. The molecule has 1 amide bonds. The van der Waals surface area contributed by atoms with E-state index in [4.69, 9.17) is 11.6 Å². The van der Waals surface area contributed by atoms with E-state index in [1.165, 1.54) is 0 Å². The summed E-state index contributed by atoms with van der Waals surface area (Å²) >= 11 is 5.87. The normalized spacial score (nSPS) is 15.5. The Bertz CT molecular complexity index is 750. The summed E-state index contributed by atoms with van der Waals surface area (Å²) in [6.07, 6.45) is 3.33. The van der Waals surface area contributed by atoms with Crippen LogP contribution in [-0.4, -0.2) is 39.1 Å². The number of nitrogens with zero attached hydrogens (tertiary/aromatic N) is 1. The highest BCUT2D eigenvalue weighted by molar-refractivity contribution is 6.30. The molecule has 1 heterocycles. The maximum Gasteiger partial charge on any atom is 0.248 e. The largest absolute Gasteiger partial charge is 0.359 e. The van der Waals surface area contributed by atoms with Gasteiger partial charge in [0.05, 0.1) is 44.6 Å². The zero-order chi connectivity index (χ0) is 17.6. The highest BCUT2D eigenvalue weighted by Gasteiger charge is 2.19. The van der Waals surface area contributed by atoms with Gasteiger partial charge in [-0.25, -0.2) is 0 Å². The van der Waals surface area contributed by atoms with Crippen molar-refractivity contribution in [1.82, 2.24) is 0 Å². The molecule has 2 aromatic carbocycles. The topological polar surface area (TPSA) is 36.8 Å². The van der Waals surface area contributed by atoms with Crippen molar-refractivity contribution in [3.05, 3.63) is 65.2 Å². The monoisotopic (exact) mass is 356 g/mol. The predicted octanol–water partition coefficient (Wildman–Crippen LogP) is 2.33. The van der Waals surface area contributed by atoms with E-state index < -0.39 is 0 Å². The molecule has 5 heteroatoms. The molecule has 2 aromatic rings. The van der Waals surface area contributed by atoms with Gasteiger partial charge in [0, 0.05) is 11.1 Å². The number of carbonyl (C=O) groups is 1. The van der Waals surface area contributed by atoms with Crippen LogP contribution in [0.15, 0.2) is 54.6 Å². The molecule has 0 saturated carbocycles.